The van der Waals surface area contributed by atoms with Crippen molar-refractivity contribution >= 4 is 17.4 Å². The molecule has 2 aromatic heterocycles. The molecule has 106 valence electrons. The van der Waals surface area contributed by atoms with Gasteiger partial charge in [-0.3, -0.25) is 4.99 Å². The number of aromatic nitrogens is 5. The van der Waals surface area contributed by atoms with Crippen LogP contribution in [0.5, 0.6) is 0 Å². The average Bonchev–Trinajstić information content (AvgIpc) is 3.13. The van der Waals surface area contributed by atoms with Crippen LogP contribution in [-0.2, 0) is 0 Å². The highest BCUT2D eigenvalue weighted by molar-refractivity contribution is 7.08. The first-order chi connectivity index (χ1) is 9.84. The lowest BCUT2D eigenvalue weighted by Gasteiger charge is -2.19. The summed E-state index contributed by atoms with van der Waals surface area (Å²) in [5, 5.41) is 8.27. The van der Waals surface area contributed by atoms with Gasteiger partial charge in [-0.2, -0.15) is 5.10 Å². The minimum Gasteiger partial charge on any atom is -0.265 e. The van der Waals surface area contributed by atoms with Crippen molar-refractivity contribution in [2.45, 2.75) is 39.0 Å². The fraction of sp³-hybridized carbons (Fsp3) is 0.615. The Hall–Kier alpha value is -1.63. The molecule has 0 saturated heterocycles. The van der Waals surface area contributed by atoms with Crippen LogP contribution < -0.4 is 0 Å². The molecule has 2 aromatic rings. The van der Waals surface area contributed by atoms with E-state index in [0.29, 0.717) is 5.92 Å². The topological polar surface area (TPSA) is 68.8 Å². The molecule has 20 heavy (non-hydrogen) atoms. The summed E-state index contributed by atoms with van der Waals surface area (Å²) in [6, 6.07) is 0. The van der Waals surface area contributed by atoms with E-state index in [4.69, 9.17) is 4.99 Å². The van der Waals surface area contributed by atoms with Crippen LogP contribution >= 0.6 is 11.5 Å². The molecule has 7 heteroatoms. The summed E-state index contributed by atoms with van der Waals surface area (Å²) in [5.41, 5.74) is 0.896. The van der Waals surface area contributed by atoms with Crippen LogP contribution in [0, 0.1) is 12.8 Å². The van der Waals surface area contributed by atoms with Crippen LogP contribution in [0.4, 0.5) is 0 Å². The smallest absolute Gasteiger partial charge is 0.171 e. The molecule has 0 bridgehead atoms. The monoisotopic (exact) mass is 290 g/mol. The summed E-state index contributed by atoms with van der Waals surface area (Å²) >= 11 is 1.36. The van der Waals surface area contributed by atoms with Crippen LogP contribution in [0.2, 0.25) is 0 Å². The van der Waals surface area contributed by atoms with Crippen molar-refractivity contribution in [3.05, 3.63) is 23.2 Å². The largest absolute Gasteiger partial charge is 0.265 e. The molecule has 2 heterocycles. The molecule has 0 spiro atoms. The van der Waals surface area contributed by atoms with Crippen molar-refractivity contribution in [3.8, 4) is 0 Å². The first-order valence-electron chi connectivity index (χ1n) is 7.03. The van der Waals surface area contributed by atoms with Crippen molar-refractivity contribution < 1.29 is 0 Å². The highest BCUT2D eigenvalue weighted by Crippen LogP contribution is 2.24. The van der Waals surface area contributed by atoms with E-state index in [-0.39, 0.29) is 0 Å². The molecule has 0 aromatic carbocycles. The zero-order valence-electron chi connectivity index (χ0n) is 11.6. The van der Waals surface area contributed by atoms with Crippen LogP contribution in [0.25, 0.3) is 0 Å². The molecule has 1 aliphatic carbocycles. The Morgan fingerprint density at radius 3 is 2.90 bits per heavy atom. The SMILES string of the molecule is Cc1nnsc1C(=NCC1CCCCC1)n1cncn1. The molecule has 0 N–H and O–H groups in total. The number of aryl methyl sites for hydroxylation is 1. The Morgan fingerprint density at radius 2 is 2.25 bits per heavy atom. The number of aliphatic imine (C=N–C) groups is 1. The van der Waals surface area contributed by atoms with Gasteiger partial charge in [-0.15, -0.1) is 5.10 Å². The van der Waals surface area contributed by atoms with Gasteiger partial charge in [0, 0.05) is 6.54 Å². The van der Waals surface area contributed by atoms with Gasteiger partial charge in [-0.1, -0.05) is 23.8 Å². The molecule has 1 saturated carbocycles. The van der Waals surface area contributed by atoms with Crippen molar-refractivity contribution in [2.24, 2.45) is 10.9 Å². The molecule has 0 radical (unpaired) electrons. The van der Waals surface area contributed by atoms with Crippen LogP contribution in [-0.4, -0.2) is 36.7 Å². The summed E-state index contributed by atoms with van der Waals surface area (Å²) < 4.78 is 5.71. The van der Waals surface area contributed by atoms with Gasteiger partial charge in [0.1, 0.15) is 17.5 Å². The van der Waals surface area contributed by atoms with Crippen LogP contribution in [0.3, 0.4) is 0 Å². The van der Waals surface area contributed by atoms with E-state index in [0.717, 1.165) is 23.0 Å². The Morgan fingerprint density at radius 1 is 1.40 bits per heavy atom. The third kappa shape index (κ3) is 2.92. The molecule has 0 amide bonds. The van der Waals surface area contributed by atoms with Gasteiger partial charge in [-0.05, 0) is 37.2 Å². The number of hydrogen-bond acceptors (Lipinski definition) is 6. The standard InChI is InChI=1S/C13H18N6S/c1-10-12(20-18-17-10)13(19-9-14-8-16-19)15-7-11-5-3-2-4-6-11/h8-9,11H,2-7H2,1H3. The number of rotatable bonds is 3. The van der Waals surface area contributed by atoms with Gasteiger partial charge in [0.2, 0.25) is 0 Å². The molecule has 0 atom stereocenters. The third-order valence-corrected chi connectivity index (χ3v) is 4.54. The summed E-state index contributed by atoms with van der Waals surface area (Å²) in [7, 11) is 0. The maximum Gasteiger partial charge on any atom is 0.171 e. The van der Waals surface area contributed by atoms with Gasteiger partial charge < -0.3 is 0 Å². The molecular formula is C13H18N6S. The number of hydrogen-bond donors (Lipinski definition) is 0. The lowest BCUT2D eigenvalue weighted by molar-refractivity contribution is 0.367. The Balaban J connectivity index is 1.84. The van der Waals surface area contributed by atoms with E-state index < -0.39 is 0 Å². The summed E-state index contributed by atoms with van der Waals surface area (Å²) in [6.45, 7) is 2.80. The average molecular weight is 290 g/mol. The van der Waals surface area contributed by atoms with Gasteiger partial charge in [-0.25, -0.2) is 9.67 Å². The predicted molar refractivity (Wildman–Crippen MR) is 78.0 cm³/mol. The number of nitrogens with zero attached hydrogens (tertiary/aromatic N) is 6. The zero-order valence-corrected chi connectivity index (χ0v) is 12.4. The normalized spacial score (nSPS) is 17.6. The molecule has 0 aliphatic heterocycles. The fourth-order valence-corrected chi connectivity index (χ4v) is 3.25. The highest BCUT2D eigenvalue weighted by Gasteiger charge is 2.17. The second-order valence-electron chi connectivity index (χ2n) is 5.20. The van der Waals surface area contributed by atoms with E-state index in [2.05, 4.69) is 19.7 Å². The Bertz CT molecular complexity index is 567. The lowest BCUT2D eigenvalue weighted by Crippen LogP contribution is -2.17. The molecule has 6 nitrogen and oxygen atoms in total. The summed E-state index contributed by atoms with van der Waals surface area (Å²) in [4.78, 5) is 9.79. The lowest BCUT2D eigenvalue weighted by atomic mass is 9.89. The van der Waals surface area contributed by atoms with E-state index in [9.17, 15) is 0 Å². The quantitative estimate of drug-likeness (QED) is 0.642. The fourth-order valence-electron chi connectivity index (χ4n) is 2.59. The zero-order chi connectivity index (χ0) is 13.8. The molecular weight excluding hydrogens is 272 g/mol. The van der Waals surface area contributed by atoms with Crippen LogP contribution in [0.1, 0.15) is 42.7 Å². The van der Waals surface area contributed by atoms with E-state index >= 15 is 0 Å². The van der Waals surface area contributed by atoms with Gasteiger partial charge in [0.25, 0.3) is 0 Å². The Kier molecular flexibility index (Phi) is 4.15. The summed E-state index contributed by atoms with van der Waals surface area (Å²) in [6.07, 6.45) is 9.81. The van der Waals surface area contributed by atoms with E-state index in [1.165, 1.54) is 50.0 Å². The maximum atomic E-state index is 4.80. The molecule has 1 fully saturated rings. The first kappa shape index (κ1) is 13.4. The molecule has 3 rings (SSSR count). The van der Waals surface area contributed by atoms with Crippen molar-refractivity contribution in [2.75, 3.05) is 6.54 Å². The van der Waals surface area contributed by atoms with Crippen molar-refractivity contribution in [1.29, 1.82) is 0 Å². The van der Waals surface area contributed by atoms with Gasteiger partial charge in [0.05, 0.1) is 5.69 Å². The minimum atomic E-state index is 0.698. The first-order valence-corrected chi connectivity index (χ1v) is 7.80. The second-order valence-corrected chi connectivity index (χ2v) is 5.95. The van der Waals surface area contributed by atoms with E-state index in [1.807, 2.05) is 6.92 Å². The summed E-state index contributed by atoms with van der Waals surface area (Å²) in [5.74, 6) is 1.52. The van der Waals surface area contributed by atoms with E-state index in [1.54, 1.807) is 11.0 Å². The van der Waals surface area contributed by atoms with Crippen molar-refractivity contribution in [3.63, 3.8) is 0 Å². The van der Waals surface area contributed by atoms with Crippen LogP contribution in [0.15, 0.2) is 17.6 Å². The Labute approximate surface area is 122 Å². The van der Waals surface area contributed by atoms with Gasteiger partial charge in [0.15, 0.2) is 5.84 Å². The second kappa shape index (κ2) is 6.21. The predicted octanol–water partition coefficient (Wildman–Crippen LogP) is 2.31. The van der Waals surface area contributed by atoms with Gasteiger partial charge >= 0.3 is 0 Å². The maximum absolute atomic E-state index is 4.80. The molecule has 0 unspecified atom stereocenters. The third-order valence-electron chi connectivity index (χ3n) is 3.71. The minimum absolute atomic E-state index is 0.698. The van der Waals surface area contributed by atoms with Crippen molar-refractivity contribution in [1.82, 2.24) is 24.4 Å². The molecule has 1 aliphatic rings. The highest BCUT2D eigenvalue weighted by atomic mass is 32.1.